The molecule has 0 spiro atoms. The Kier molecular flexibility index (Phi) is 16.7. The van der Waals surface area contributed by atoms with Crippen LogP contribution >= 0.6 is 7.92 Å². The third kappa shape index (κ3) is 12.3. The molecule has 1 saturated carbocycles. The predicted octanol–water partition coefficient (Wildman–Crippen LogP) is 9.33. The molecule has 0 saturated heterocycles. The van der Waals surface area contributed by atoms with E-state index in [0.717, 1.165) is 22.9 Å². The van der Waals surface area contributed by atoms with Crippen molar-refractivity contribution in [3.8, 4) is 0 Å². The fourth-order valence-corrected chi connectivity index (χ4v) is 8.71. The van der Waals surface area contributed by atoms with E-state index in [1.54, 1.807) is 0 Å². The third-order valence-electron chi connectivity index (χ3n) is 6.22. The van der Waals surface area contributed by atoms with Crippen molar-refractivity contribution in [3.63, 3.8) is 0 Å². The molecule has 0 aliphatic heterocycles. The second kappa shape index (κ2) is 17.3. The number of hydrogen-bond donors (Lipinski definition) is 1. The maximum Gasteiger partial charge on any atom is 0.490 e. The fraction of sp³-hybridized carbons (Fsp3) is 0.552. The van der Waals surface area contributed by atoms with Crippen molar-refractivity contribution in [1.29, 1.82) is 0 Å². The van der Waals surface area contributed by atoms with E-state index in [-0.39, 0.29) is 27.4 Å². The van der Waals surface area contributed by atoms with Crippen LogP contribution in [0.2, 0.25) is 0 Å². The number of alkyl halides is 3. The molecule has 1 radical (unpaired) electrons. The summed E-state index contributed by atoms with van der Waals surface area (Å²) in [5.74, 6) is -1.34. The van der Waals surface area contributed by atoms with Gasteiger partial charge in [-0.25, -0.2) is 4.79 Å². The van der Waals surface area contributed by atoms with Crippen molar-refractivity contribution in [2.24, 2.45) is 5.92 Å². The summed E-state index contributed by atoms with van der Waals surface area (Å²) in [7, 11) is 0.262. The van der Waals surface area contributed by atoms with E-state index in [2.05, 4.69) is 102 Å². The van der Waals surface area contributed by atoms with Gasteiger partial charge in [-0.15, -0.1) is 0 Å². The molecule has 0 aromatic heterocycles. The molecule has 1 N–H and O–H groups in total. The van der Waals surface area contributed by atoms with E-state index >= 15 is 0 Å². The number of carbonyl (C=O) groups is 1. The molecular formula is C29H42F3O2PRh. The van der Waals surface area contributed by atoms with Crippen molar-refractivity contribution in [2.45, 2.75) is 96.3 Å². The Morgan fingerprint density at radius 2 is 1.08 bits per heavy atom. The molecule has 0 heterocycles. The minimum atomic E-state index is -5.08. The average Bonchev–Trinajstić information content (AvgIpc) is 3.29. The van der Waals surface area contributed by atoms with Gasteiger partial charge < -0.3 is 5.11 Å². The van der Waals surface area contributed by atoms with Crippen LogP contribution in [0.3, 0.4) is 0 Å². The van der Waals surface area contributed by atoms with Crippen LogP contribution in [-0.2, 0) is 24.3 Å². The second-order valence-electron chi connectivity index (χ2n) is 9.87. The van der Waals surface area contributed by atoms with Crippen LogP contribution in [0.15, 0.2) is 60.7 Å². The first-order valence-electron chi connectivity index (χ1n) is 12.5. The number of benzene rings is 2. The van der Waals surface area contributed by atoms with Crippen molar-refractivity contribution < 1.29 is 42.6 Å². The number of carboxylic acid groups (broad SMARTS) is 1. The maximum absolute atomic E-state index is 10.6. The standard InChI is InChI=1S/C18H20.C9H21P.C2HF3O2.Rh/c1-3-9-15(10-4-1)18(17-13-7-8-14-17)16-11-5-2-6-12-16;1-7(2)10(8(3)4)9(5)6;3-2(4,5)1(6)7;/h1-6,9-12,17-18H,7-8,13-14H2;7-9H,1-6H3;(H,6,7);. The Morgan fingerprint density at radius 1 is 0.778 bits per heavy atom. The van der Waals surface area contributed by atoms with Crippen LogP contribution in [0.1, 0.15) is 84.3 Å². The van der Waals surface area contributed by atoms with Gasteiger partial charge in [0.2, 0.25) is 0 Å². The molecule has 1 aliphatic rings. The molecule has 0 bridgehead atoms. The molecule has 3 rings (SSSR count). The third-order valence-corrected chi connectivity index (χ3v) is 9.80. The van der Waals surface area contributed by atoms with Crippen molar-refractivity contribution >= 4 is 13.9 Å². The quantitative estimate of drug-likeness (QED) is 0.261. The molecule has 2 aromatic rings. The van der Waals surface area contributed by atoms with Gasteiger partial charge in [-0.05, 0) is 46.9 Å². The van der Waals surface area contributed by atoms with Crippen LogP contribution in [-0.4, -0.2) is 34.2 Å². The zero-order valence-corrected chi connectivity index (χ0v) is 24.8. The summed E-state index contributed by atoms with van der Waals surface area (Å²) in [5, 5.41) is 7.12. The predicted molar refractivity (Wildman–Crippen MR) is 143 cm³/mol. The van der Waals surface area contributed by atoms with Crippen LogP contribution in [0.4, 0.5) is 13.2 Å². The van der Waals surface area contributed by atoms with E-state index in [1.165, 1.54) is 36.8 Å². The summed E-state index contributed by atoms with van der Waals surface area (Å²) < 4.78 is 31.7. The van der Waals surface area contributed by atoms with E-state index in [4.69, 9.17) is 9.90 Å². The Hall–Kier alpha value is -1.25. The SMILES string of the molecule is CC(C)P(C(C)C)C(C)C.O=C(O)C(F)(F)F.[Rh].c1ccc(C(c2ccccc2)C2CCCC2)cc1. The molecule has 205 valence electrons. The van der Waals surface area contributed by atoms with Gasteiger partial charge in [-0.3, -0.25) is 0 Å². The molecular weight excluding hydrogens is 571 g/mol. The normalized spacial score (nSPS) is 13.8. The number of hydrogen-bond acceptors (Lipinski definition) is 1. The molecule has 0 atom stereocenters. The van der Waals surface area contributed by atoms with Gasteiger partial charge in [-0.2, -0.15) is 13.2 Å². The van der Waals surface area contributed by atoms with Gasteiger partial charge in [0, 0.05) is 25.4 Å². The van der Waals surface area contributed by atoms with Gasteiger partial charge in [0.1, 0.15) is 0 Å². The second-order valence-corrected chi connectivity index (χ2v) is 13.9. The monoisotopic (exact) mass is 613 g/mol. The summed E-state index contributed by atoms with van der Waals surface area (Å²) in [6.45, 7) is 14.1. The number of carboxylic acids is 1. The van der Waals surface area contributed by atoms with Crippen molar-refractivity contribution in [3.05, 3.63) is 71.8 Å². The molecule has 1 fully saturated rings. The Labute approximate surface area is 230 Å². The summed E-state index contributed by atoms with van der Waals surface area (Å²) in [6.07, 6.45) is 0.491. The minimum absolute atomic E-state index is 0. The van der Waals surface area contributed by atoms with E-state index in [9.17, 15) is 13.2 Å². The summed E-state index contributed by atoms with van der Waals surface area (Å²) in [5.41, 5.74) is 5.66. The zero-order valence-electron chi connectivity index (χ0n) is 22.3. The number of aliphatic carboxylic acids is 1. The van der Waals surface area contributed by atoms with Crippen LogP contribution in [0.5, 0.6) is 0 Å². The first kappa shape index (κ1) is 34.8. The molecule has 2 nitrogen and oxygen atoms in total. The van der Waals surface area contributed by atoms with Crippen LogP contribution in [0, 0.1) is 5.92 Å². The first-order chi connectivity index (χ1) is 16.4. The van der Waals surface area contributed by atoms with E-state index in [1.807, 2.05) is 0 Å². The van der Waals surface area contributed by atoms with Crippen LogP contribution in [0.25, 0.3) is 0 Å². The van der Waals surface area contributed by atoms with Gasteiger partial charge in [0.15, 0.2) is 0 Å². The largest absolute Gasteiger partial charge is 0.490 e. The summed E-state index contributed by atoms with van der Waals surface area (Å²) in [6, 6.07) is 22.0. The number of halogens is 3. The molecule has 7 heteroatoms. The average molecular weight is 614 g/mol. The Morgan fingerprint density at radius 3 is 1.31 bits per heavy atom. The van der Waals surface area contributed by atoms with Gasteiger partial charge in [0.25, 0.3) is 0 Å². The van der Waals surface area contributed by atoms with Gasteiger partial charge >= 0.3 is 12.1 Å². The van der Waals surface area contributed by atoms with Crippen LogP contribution < -0.4 is 0 Å². The summed E-state index contributed by atoms with van der Waals surface area (Å²) >= 11 is 0. The van der Waals surface area contributed by atoms with Gasteiger partial charge in [-0.1, -0.05) is 123 Å². The Balaban J connectivity index is 0.000000582. The molecule has 0 unspecified atom stereocenters. The minimum Gasteiger partial charge on any atom is -0.475 e. The summed E-state index contributed by atoms with van der Waals surface area (Å²) in [4.78, 5) is 8.90. The number of rotatable bonds is 6. The molecule has 1 aliphatic carbocycles. The van der Waals surface area contributed by atoms with Crippen molar-refractivity contribution in [1.82, 2.24) is 0 Å². The van der Waals surface area contributed by atoms with Gasteiger partial charge in [0.05, 0.1) is 0 Å². The molecule has 0 amide bonds. The maximum atomic E-state index is 10.6. The Bertz CT molecular complexity index is 778. The van der Waals surface area contributed by atoms with E-state index in [0.29, 0.717) is 5.92 Å². The smallest absolute Gasteiger partial charge is 0.475 e. The van der Waals surface area contributed by atoms with Crippen molar-refractivity contribution in [2.75, 3.05) is 0 Å². The molecule has 2 aromatic carbocycles. The fourth-order valence-electron chi connectivity index (χ4n) is 5.14. The van der Waals surface area contributed by atoms with E-state index < -0.39 is 12.1 Å². The molecule has 36 heavy (non-hydrogen) atoms. The topological polar surface area (TPSA) is 37.3 Å². The zero-order chi connectivity index (χ0) is 26.6. The first-order valence-corrected chi connectivity index (χ1v) is 14.1.